The summed E-state index contributed by atoms with van der Waals surface area (Å²) < 4.78 is 0. The highest BCUT2D eigenvalue weighted by Crippen LogP contribution is 2.20. The van der Waals surface area contributed by atoms with Gasteiger partial charge in [-0.25, -0.2) is 0 Å². The van der Waals surface area contributed by atoms with Gasteiger partial charge in [0.05, 0.1) is 0 Å². The smallest absolute Gasteiger partial charge is 0.207 e. The van der Waals surface area contributed by atoms with E-state index in [4.69, 9.17) is 0 Å². The van der Waals surface area contributed by atoms with Crippen LogP contribution < -0.4 is 5.32 Å². The van der Waals surface area contributed by atoms with Crippen molar-refractivity contribution in [1.82, 2.24) is 5.32 Å². The lowest BCUT2D eigenvalue weighted by Crippen LogP contribution is -2.37. The van der Waals surface area contributed by atoms with Crippen molar-refractivity contribution in [2.45, 2.75) is 26.8 Å². The topological polar surface area (TPSA) is 29.1 Å². The first kappa shape index (κ1) is 9.21. The van der Waals surface area contributed by atoms with Crippen LogP contribution in [0.1, 0.15) is 20.8 Å². The van der Waals surface area contributed by atoms with Gasteiger partial charge in [0.15, 0.2) is 0 Å². The monoisotopic (exact) mass is 141 g/mol. The summed E-state index contributed by atoms with van der Waals surface area (Å²) in [5.74, 6) is 0. The molecule has 0 heterocycles. The molecule has 0 fully saturated rings. The SMILES string of the molecule is C=CC(C)(C)C(C)NC=O. The number of carbonyl (C=O) groups excluding carboxylic acids is 1. The molecule has 0 saturated heterocycles. The summed E-state index contributed by atoms with van der Waals surface area (Å²) >= 11 is 0. The highest BCUT2D eigenvalue weighted by molar-refractivity contribution is 5.46. The molecule has 0 aromatic carbocycles. The molecule has 1 amide bonds. The summed E-state index contributed by atoms with van der Waals surface area (Å²) in [6.45, 7) is 9.69. The molecule has 0 rings (SSSR count). The first-order chi connectivity index (χ1) is 4.54. The molecule has 1 unspecified atom stereocenters. The molecule has 0 spiro atoms. The minimum absolute atomic E-state index is 0.0269. The molecule has 58 valence electrons. The number of hydrogen-bond donors (Lipinski definition) is 1. The standard InChI is InChI=1S/C8H15NO/c1-5-8(3,4)7(2)9-6-10/h5-7H,1H2,2-4H3,(H,9,10). The molecule has 0 aliphatic carbocycles. The van der Waals surface area contributed by atoms with Crippen molar-refractivity contribution in [2.75, 3.05) is 0 Å². The second-order valence-corrected chi connectivity index (χ2v) is 3.03. The van der Waals surface area contributed by atoms with E-state index in [-0.39, 0.29) is 11.5 Å². The molecule has 0 aromatic rings. The van der Waals surface area contributed by atoms with E-state index in [2.05, 4.69) is 11.9 Å². The summed E-state index contributed by atoms with van der Waals surface area (Å²) in [5.41, 5.74) is -0.0269. The average Bonchev–Trinajstić information content (AvgIpc) is 1.89. The van der Waals surface area contributed by atoms with Crippen molar-refractivity contribution in [3.8, 4) is 0 Å². The third kappa shape index (κ3) is 2.21. The van der Waals surface area contributed by atoms with Crippen molar-refractivity contribution < 1.29 is 4.79 Å². The Morgan fingerprint density at radius 1 is 1.60 bits per heavy atom. The summed E-state index contributed by atoms with van der Waals surface area (Å²) in [6.07, 6.45) is 2.56. The lowest BCUT2D eigenvalue weighted by atomic mass is 9.86. The van der Waals surface area contributed by atoms with Gasteiger partial charge >= 0.3 is 0 Å². The molecule has 0 radical (unpaired) electrons. The van der Waals surface area contributed by atoms with Gasteiger partial charge in [-0.3, -0.25) is 4.79 Å². The van der Waals surface area contributed by atoms with Gasteiger partial charge in [0.2, 0.25) is 6.41 Å². The van der Waals surface area contributed by atoms with Gasteiger partial charge in [0.25, 0.3) is 0 Å². The Balaban J connectivity index is 4.02. The van der Waals surface area contributed by atoms with Crippen molar-refractivity contribution >= 4 is 6.41 Å². The van der Waals surface area contributed by atoms with Crippen LogP contribution in [0.2, 0.25) is 0 Å². The van der Waals surface area contributed by atoms with Crippen LogP contribution in [-0.4, -0.2) is 12.5 Å². The predicted molar refractivity (Wildman–Crippen MR) is 42.6 cm³/mol. The second kappa shape index (κ2) is 3.40. The molecule has 10 heavy (non-hydrogen) atoms. The summed E-state index contributed by atoms with van der Waals surface area (Å²) in [5, 5.41) is 2.68. The van der Waals surface area contributed by atoms with Crippen molar-refractivity contribution in [1.29, 1.82) is 0 Å². The number of rotatable bonds is 4. The van der Waals surface area contributed by atoms with Crippen LogP contribution >= 0.6 is 0 Å². The third-order valence-electron chi connectivity index (χ3n) is 1.96. The van der Waals surface area contributed by atoms with E-state index >= 15 is 0 Å². The molecule has 0 bridgehead atoms. The Bertz CT molecular complexity index is 129. The molecule has 1 N–H and O–H groups in total. The largest absolute Gasteiger partial charge is 0.355 e. The van der Waals surface area contributed by atoms with Crippen LogP contribution in [0.15, 0.2) is 12.7 Å². The Morgan fingerprint density at radius 3 is 2.40 bits per heavy atom. The van der Waals surface area contributed by atoms with Gasteiger partial charge in [-0.1, -0.05) is 19.9 Å². The van der Waals surface area contributed by atoms with E-state index in [0.717, 1.165) is 6.41 Å². The molecule has 0 aliphatic rings. The second-order valence-electron chi connectivity index (χ2n) is 3.03. The molecular weight excluding hydrogens is 126 g/mol. The maximum absolute atomic E-state index is 10.0. The van der Waals surface area contributed by atoms with Crippen LogP contribution in [0.5, 0.6) is 0 Å². The quantitative estimate of drug-likeness (QED) is 0.464. The van der Waals surface area contributed by atoms with E-state index in [0.29, 0.717) is 0 Å². The summed E-state index contributed by atoms with van der Waals surface area (Å²) in [7, 11) is 0. The lowest BCUT2D eigenvalue weighted by Gasteiger charge is -2.27. The predicted octanol–water partition coefficient (Wildman–Crippen LogP) is 1.33. The highest BCUT2D eigenvalue weighted by atomic mass is 16.1. The van der Waals surface area contributed by atoms with Crippen LogP contribution in [-0.2, 0) is 4.79 Å². The third-order valence-corrected chi connectivity index (χ3v) is 1.96. The van der Waals surface area contributed by atoms with Gasteiger partial charge in [-0.15, -0.1) is 6.58 Å². The zero-order valence-corrected chi connectivity index (χ0v) is 6.85. The fourth-order valence-electron chi connectivity index (χ4n) is 0.494. The van der Waals surface area contributed by atoms with E-state index in [1.54, 1.807) is 0 Å². The Labute approximate surface area is 62.3 Å². The zero-order chi connectivity index (χ0) is 8.20. The number of hydrogen-bond acceptors (Lipinski definition) is 1. The fourth-order valence-corrected chi connectivity index (χ4v) is 0.494. The Kier molecular flexibility index (Phi) is 3.13. The van der Waals surface area contributed by atoms with Crippen molar-refractivity contribution in [2.24, 2.45) is 5.41 Å². The first-order valence-corrected chi connectivity index (χ1v) is 3.38. The van der Waals surface area contributed by atoms with Crippen LogP contribution in [0.25, 0.3) is 0 Å². The minimum atomic E-state index is -0.0269. The first-order valence-electron chi connectivity index (χ1n) is 3.38. The van der Waals surface area contributed by atoms with Crippen LogP contribution in [0.4, 0.5) is 0 Å². The lowest BCUT2D eigenvalue weighted by molar-refractivity contribution is -0.110. The average molecular weight is 141 g/mol. The Morgan fingerprint density at radius 2 is 2.10 bits per heavy atom. The number of amides is 1. The molecule has 0 aliphatic heterocycles. The van der Waals surface area contributed by atoms with Gasteiger partial charge < -0.3 is 5.32 Å². The highest BCUT2D eigenvalue weighted by Gasteiger charge is 2.20. The molecule has 2 nitrogen and oxygen atoms in total. The van der Waals surface area contributed by atoms with E-state index < -0.39 is 0 Å². The molecule has 0 saturated carbocycles. The van der Waals surface area contributed by atoms with Gasteiger partial charge in [-0.05, 0) is 6.92 Å². The normalized spacial score (nSPS) is 13.9. The minimum Gasteiger partial charge on any atom is -0.355 e. The van der Waals surface area contributed by atoms with Crippen LogP contribution in [0.3, 0.4) is 0 Å². The maximum atomic E-state index is 10.0. The molecule has 2 heteroatoms. The molecular formula is C8H15NO. The van der Waals surface area contributed by atoms with Crippen molar-refractivity contribution in [3.63, 3.8) is 0 Å². The number of carbonyl (C=O) groups is 1. The summed E-state index contributed by atoms with van der Waals surface area (Å²) in [4.78, 5) is 10.0. The van der Waals surface area contributed by atoms with E-state index in [1.807, 2.05) is 26.8 Å². The van der Waals surface area contributed by atoms with Gasteiger partial charge in [0.1, 0.15) is 0 Å². The van der Waals surface area contributed by atoms with Crippen molar-refractivity contribution in [3.05, 3.63) is 12.7 Å². The maximum Gasteiger partial charge on any atom is 0.207 e. The molecule has 1 atom stereocenters. The zero-order valence-electron chi connectivity index (χ0n) is 6.85. The van der Waals surface area contributed by atoms with Gasteiger partial charge in [0, 0.05) is 11.5 Å². The molecule has 0 aromatic heterocycles. The van der Waals surface area contributed by atoms with Crippen LogP contribution in [0, 0.1) is 5.41 Å². The fraction of sp³-hybridized carbons (Fsp3) is 0.625. The Hall–Kier alpha value is -0.790. The summed E-state index contributed by atoms with van der Waals surface area (Å²) in [6, 6.07) is 0.141. The number of nitrogens with one attached hydrogen (secondary N) is 1. The van der Waals surface area contributed by atoms with Gasteiger partial charge in [-0.2, -0.15) is 0 Å². The van der Waals surface area contributed by atoms with E-state index in [9.17, 15) is 4.79 Å². The van der Waals surface area contributed by atoms with E-state index in [1.165, 1.54) is 0 Å².